The standard InChI is InChI=1S/C31H34N2O5/c1-35-26-12-9-25(10-13-26)21-33(20-24-7-5-4-6-8-24)22-27-14-16-29(38-27)31(34)32-18-17-23-11-15-28(36-2)30(19-23)37-3/h4-16,19H,17-18,20-22H2,1-3H3,(H,32,34). The van der Waals surface area contributed by atoms with Crippen LogP contribution in [0.4, 0.5) is 0 Å². The Bertz CT molecular complexity index is 1300. The number of nitrogens with one attached hydrogen (secondary N) is 1. The van der Waals surface area contributed by atoms with E-state index in [9.17, 15) is 4.79 Å². The first kappa shape index (κ1) is 26.8. The minimum absolute atomic E-state index is 0.235. The smallest absolute Gasteiger partial charge is 0.287 e. The molecular weight excluding hydrogens is 480 g/mol. The Morgan fingerprint density at radius 2 is 1.42 bits per heavy atom. The van der Waals surface area contributed by atoms with Crippen LogP contribution in [0.1, 0.15) is 33.0 Å². The molecule has 0 aliphatic rings. The van der Waals surface area contributed by atoms with Crippen molar-refractivity contribution < 1.29 is 23.4 Å². The molecule has 1 aromatic heterocycles. The molecule has 0 aliphatic carbocycles. The summed E-state index contributed by atoms with van der Waals surface area (Å²) in [6.07, 6.45) is 0.659. The molecule has 7 nitrogen and oxygen atoms in total. The Labute approximate surface area is 223 Å². The van der Waals surface area contributed by atoms with Gasteiger partial charge < -0.3 is 23.9 Å². The molecule has 0 saturated heterocycles. The molecule has 1 N–H and O–H groups in total. The highest BCUT2D eigenvalue weighted by Gasteiger charge is 2.15. The van der Waals surface area contributed by atoms with Gasteiger partial charge in [-0.3, -0.25) is 9.69 Å². The fraction of sp³-hybridized carbons (Fsp3) is 0.258. The Balaban J connectivity index is 1.36. The first-order valence-corrected chi connectivity index (χ1v) is 12.5. The van der Waals surface area contributed by atoms with E-state index >= 15 is 0 Å². The van der Waals surface area contributed by atoms with E-state index in [0.29, 0.717) is 36.8 Å². The van der Waals surface area contributed by atoms with Gasteiger partial charge in [0.2, 0.25) is 0 Å². The summed E-state index contributed by atoms with van der Waals surface area (Å²) in [5, 5.41) is 2.94. The topological polar surface area (TPSA) is 73.2 Å². The first-order valence-electron chi connectivity index (χ1n) is 12.5. The second-order valence-corrected chi connectivity index (χ2v) is 8.94. The number of amides is 1. The van der Waals surface area contributed by atoms with Gasteiger partial charge >= 0.3 is 0 Å². The minimum Gasteiger partial charge on any atom is -0.497 e. The van der Waals surface area contributed by atoms with Crippen LogP contribution in [0.15, 0.2) is 89.3 Å². The lowest BCUT2D eigenvalue weighted by Crippen LogP contribution is -2.25. The van der Waals surface area contributed by atoms with Crippen LogP contribution in [0.5, 0.6) is 17.2 Å². The van der Waals surface area contributed by atoms with Gasteiger partial charge in [-0.05, 0) is 59.5 Å². The average Bonchev–Trinajstić information content (AvgIpc) is 3.42. The van der Waals surface area contributed by atoms with Crippen LogP contribution >= 0.6 is 0 Å². The quantitative estimate of drug-likeness (QED) is 0.255. The second kappa shape index (κ2) is 13.4. The number of furan rings is 1. The van der Waals surface area contributed by atoms with Crippen molar-refractivity contribution in [3.63, 3.8) is 0 Å². The van der Waals surface area contributed by atoms with Crippen LogP contribution in [-0.4, -0.2) is 38.7 Å². The highest BCUT2D eigenvalue weighted by molar-refractivity contribution is 5.91. The third kappa shape index (κ3) is 7.40. The molecule has 0 atom stereocenters. The van der Waals surface area contributed by atoms with E-state index in [4.69, 9.17) is 18.6 Å². The predicted octanol–water partition coefficient (Wildman–Crippen LogP) is 5.48. The molecule has 0 radical (unpaired) electrons. The van der Waals surface area contributed by atoms with Gasteiger partial charge in [0.05, 0.1) is 27.9 Å². The van der Waals surface area contributed by atoms with E-state index in [-0.39, 0.29) is 5.91 Å². The highest BCUT2D eigenvalue weighted by atomic mass is 16.5. The molecule has 198 valence electrons. The molecule has 38 heavy (non-hydrogen) atoms. The number of benzene rings is 3. The number of nitrogens with zero attached hydrogens (tertiary/aromatic N) is 1. The minimum atomic E-state index is -0.235. The van der Waals surface area contributed by atoms with Gasteiger partial charge in [0, 0.05) is 19.6 Å². The second-order valence-electron chi connectivity index (χ2n) is 8.94. The van der Waals surface area contributed by atoms with Gasteiger partial charge in [0.25, 0.3) is 5.91 Å². The number of rotatable bonds is 13. The van der Waals surface area contributed by atoms with Crippen LogP contribution < -0.4 is 19.5 Å². The van der Waals surface area contributed by atoms with Gasteiger partial charge in [-0.15, -0.1) is 0 Å². The van der Waals surface area contributed by atoms with E-state index in [2.05, 4.69) is 34.5 Å². The molecule has 1 heterocycles. The number of methoxy groups -OCH3 is 3. The van der Waals surface area contributed by atoms with Crippen LogP contribution in [0.3, 0.4) is 0 Å². The van der Waals surface area contributed by atoms with Crippen molar-refractivity contribution in [2.45, 2.75) is 26.1 Å². The Morgan fingerprint density at radius 3 is 2.11 bits per heavy atom. The predicted molar refractivity (Wildman–Crippen MR) is 147 cm³/mol. The van der Waals surface area contributed by atoms with E-state index in [0.717, 1.165) is 30.2 Å². The maximum atomic E-state index is 12.7. The van der Waals surface area contributed by atoms with Crippen LogP contribution in [0.2, 0.25) is 0 Å². The third-order valence-electron chi connectivity index (χ3n) is 6.23. The third-order valence-corrected chi connectivity index (χ3v) is 6.23. The number of ether oxygens (including phenoxy) is 3. The largest absolute Gasteiger partial charge is 0.497 e. The maximum absolute atomic E-state index is 12.7. The summed E-state index contributed by atoms with van der Waals surface area (Å²) in [6, 6.07) is 27.7. The number of carbonyl (C=O) groups is 1. The number of carbonyl (C=O) groups excluding carboxylic acids is 1. The van der Waals surface area contributed by atoms with E-state index in [1.54, 1.807) is 27.4 Å². The molecule has 3 aromatic carbocycles. The van der Waals surface area contributed by atoms with Gasteiger partial charge in [-0.25, -0.2) is 0 Å². The molecule has 0 saturated carbocycles. The molecule has 0 unspecified atom stereocenters. The zero-order chi connectivity index (χ0) is 26.7. The Hall–Kier alpha value is -4.23. The van der Waals surface area contributed by atoms with Gasteiger partial charge in [-0.1, -0.05) is 48.5 Å². The lowest BCUT2D eigenvalue weighted by atomic mass is 10.1. The summed E-state index contributed by atoms with van der Waals surface area (Å²) >= 11 is 0. The van der Waals surface area contributed by atoms with Gasteiger partial charge in [0.1, 0.15) is 11.5 Å². The van der Waals surface area contributed by atoms with E-state index in [1.807, 2.05) is 54.6 Å². The van der Waals surface area contributed by atoms with E-state index in [1.165, 1.54) is 11.1 Å². The molecule has 0 aliphatic heterocycles. The zero-order valence-corrected chi connectivity index (χ0v) is 22.1. The van der Waals surface area contributed by atoms with Crippen LogP contribution in [0, 0.1) is 0 Å². The SMILES string of the molecule is COc1ccc(CN(Cc2ccccc2)Cc2ccc(C(=O)NCCc3ccc(OC)c(OC)c3)o2)cc1. The van der Waals surface area contributed by atoms with Crippen molar-refractivity contribution in [3.8, 4) is 17.2 Å². The van der Waals surface area contributed by atoms with Gasteiger partial charge in [0.15, 0.2) is 17.3 Å². The summed E-state index contributed by atoms with van der Waals surface area (Å²) < 4.78 is 21.9. The average molecular weight is 515 g/mol. The summed E-state index contributed by atoms with van der Waals surface area (Å²) in [4.78, 5) is 15.0. The normalized spacial score (nSPS) is 10.8. The molecule has 1 amide bonds. The van der Waals surface area contributed by atoms with Crippen LogP contribution in [-0.2, 0) is 26.1 Å². The molecular formula is C31H34N2O5. The lowest BCUT2D eigenvalue weighted by Gasteiger charge is -2.21. The van der Waals surface area contributed by atoms with E-state index < -0.39 is 0 Å². The molecule has 7 heteroatoms. The number of hydrogen-bond acceptors (Lipinski definition) is 6. The van der Waals surface area contributed by atoms with Crippen molar-refractivity contribution in [1.29, 1.82) is 0 Å². The number of hydrogen-bond donors (Lipinski definition) is 1. The molecule has 0 bridgehead atoms. The Morgan fingerprint density at radius 1 is 0.737 bits per heavy atom. The summed E-state index contributed by atoms with van der Waals surface area (Å²) in [5.74, 6) is 2.98. The van der Waals surface area contributed by atoms with Crippen molar-refractivity contribution in [3.05, 3.63) is 113 Å². The molecule has 0 fully saturated rings. The maximum Gasteiger partial charge on any atom is 0.287 e. The first-order chi connectivity index (χ1) is 18.6. The fourth-order valence-corrected chi connectivity index (χ4v) is 4.25. The van der Waals surface area contributed by atoms with Gasteiger partial charge in [-0.2, -0.15) is 0 Å². The monoisotopic (exact) mass is 514 g/mol. The Kier molecular flexibility index (Phi) is 9.43. The van der Waals surface area contributed by atoms with Crippen molar-refractivity contribution in [1.82, 2.24) is 10.2 Å². The summed E-state index contributed by atoms with van der Waals surface area (Å²) in [5.41, 5.74) is 3.42. The molecule has 4 rings (SSSR count). The lowest BCUT2D eigenvalue weighted by molar-refractivity contribution is 0.0922. The zero-order valence-electron chi connectivity index (χ0n) is 22.1. The fourth-order valence-electron chi connectivity index (χ4n) is 4.25. The molecule has 4 aromatic rings. The summed E-state index contributed by atoms with van der Waals surface area (Å²) in [6.45, 7) is 2.52. The highest BCUT2D eigenvalue weighted by Crippen LogP contribution is 2.27. The van der Waals surface area contributed by atoms with Crippen molar-refractivity contribution in [2.24, 2.45) is 0 Å². The molecule has 0 spiro atoms. The summed E-state index contributed by atoms with van der Waals surface area (Å²) in [7, 11) is 4.88. The van der Waals surface area contributed by atoms with Crippen molar-refractivity contribution in [2.75, 3.05) is 27.9 Å². The van der Waals surface area contributed by atoms with Crippen molar-refractivity contribution >= 4 is 5.91 Å². The van der Waals surface area contributed by atoms with Crippen LogP contribution in [0.25, 0.3) is 0 Å².